The number of amides is 2. The lowest BCUT2D eigenvalue weighted by Gasteiger charge is -2.25. The van der Waals surface area contributed by atoms with E-state index in [2.05, 4.69) is 10.3 Å². The first kappa shape index (κ1) is 17.8. The standard InChI is InChI=1S/C19H25N3O2/c1-15-8-4-5-10-18(15)24-13-7-12-21-19(23)22(3)16(2)17-9-6-11-20-14-17/h4-6,8-11,14,16H,7,12-13H2,1-3H3,(H,21,23)/t16-/m1/s1. The SMILES string of the molecule is Cc1ccccc1OCCCNC(=O)N(C)[C@H](C)c1cccnc1. The van der Waals surface area contributed by atoms with E-state index in [0.717, 1.165) is 23.3 Å². The molecule has 0 aliphatic carbocycles. The number of nitrogens with one attached hydrogen (secondary N) is 1. The van der Waals surface area contributed by atoms with Gasteiger partial charge < -0.3 is 15.0 Å². The van der Waals surface area contributed by atoms with Crippen LogP contribution in [0, 0.1) is 6.92 Å². The molecule has 0 saturated heterocycles. The molecule has 5 heteroatoms. The highest BCUT2D eigenvalue weighted by Gasteiger charge is 2.16. The highest BCUT2D eigenvalue weighted by atomic mass is 16.5. The van der Waals surface area contributed by atoms with Crippen molar-refractivity contribution in [1.82, 2.24) is 15.2 Å². The summed E-state index contributed by atoms with van der Waals surface area (Å²) in [5.41, 5.74) is 2.13. The summed E-state index contributed by atoms with van der Waals surface area (Å²) >= 11 is 0. The van der Waals surface area contributed by atoms with Crippen LogP contribution in [0.15, 0.2) is 48.8 Å². The molecule has 1 atom stereocenters. The number of aromatic nitrogens is 1. The number of carbonyl (C=O) groups is 1. The van der Waals surface area contributed by atoms with Gasteiger partial charge in [0.05, 0.1) is 12.6 Å². The van der Waals surface area contributed by atoms with Gasteiger partial charge in [-0.2, -0.15) is 0 Å². The molecule has 2 rings (SSSR count). The number of nitrogens with zero attached hydrogens (tertiary/aromatic N) is 2. The molecule has 1 heterocycles. The van der Waals surface area contributed by atoms with E-state index in [4.69, 9.17) is 4.74 Å². The second-order valence-electron chi connectivity index (χ2n) is 5.77. The number of benzene rings is 1. The van der Waals surface area contributed by atoms with Crippen molar-refractivity contribution in [2.75, 3.05) is 20.2 Å². The summed E-state index contributed by atoms with van der Waals surface area (Å²) in [5.74, 6) is 0.895. The highest BCUT2D eigenvalue weighted by molar-refractivity contribution is 5.74. The minimum absolute atomic E-state index is 0.0260. The molecule has 5 nitrogen and oxygen atoms in total. The summed E-state index contributed by atoms with van der Waals surface area (Å²) in [6.07, 6.45) is 4.27. The fourth-order valence-corrected chi connectivity index (χ4v) is 2.32. The number of hydrogen-bond donors (Lipinski definition) is 1. The molecule has 0 spiro atoms. The van der Waals surface area contributed by atoms with Crippen LogP contribution in [0.4, 0.5) is 4.79 Å². The Kier molecular flexibility index (Phi) is 6.61. The molecule has 24 heavy (non-hydrogen) atoms. The lowest BCUT2D eigenvalue weighted by molar-refractivity contribution is 0.193. The third-order valence-corrected chi connectivity index (χ3v) is 4.02. The monoisotopic (exact) mass is 327 g/mol. The molecule has 2 amide bonds. The van der Waals surface area contributed by atoms with Gasteiger partial charge in [0.2, 0.25) is 0 Å². The third-order valence-electron chi connectivity index (χ3n) is 4.02. The maximum Gasteiger partial charge on any atom is 0.317 e. The van der Waals surface area contributed by atoms with Crippen molar-refractivity contribution < 1.29 is 9.53 Å². The first-order valence-electron chi connectivity index (χ1n) is 8.18. The smallest absolute Gasteiger partial charge is 0.317 e. The third kappa shape index (κ3) is 4.98. The maximum atomic E-state index is 12.2. The molecule has 1 N–H and O–H groups in total. The van der Waals surface area contributed by atoms with Crippen LogP contribution >= 0.6 is 0 Å². The number of ether oxygens (including phenoxy) is 1. The van der Waals surface area contributed by atoms with E-state index in [9.17, 15) is 4.79 Å². The zero-order chi connectivity index (χ0) is 17.4. The molecule has 0 saturated carbocycles. The van der Waals surface area contributed by atoms with E-state index in [0.29, 0.717) is 13.2 Å². The summed E-state index contributed by atoms with van der Waals surface area (Å²) in [4.78, 5) is 18.0. The second-order valence-corrected chi connectivity index (χ2v) is 5.77. The van der Waals surface area contributed by atoms with E-state index in [1.807, 2.05) is 50.2 Å². The average Bonchev–Trinajstić information content (AvgIpc) is 2.62. The molecule has 0 aliphatic heterocycles. The Labute approximate surface area is 143 Å². The van der Waals surface area contributed by atoms with Crippen LogP contribution in [0.1, 0.15) is 30.5 Å². The predicted molar refractivity (Wildman–Crippen MR) is 95.1 cm³/mol. The molecular weight excluding hydrogens is 302 g/mol. The van der Waals surface area contributed by atoms with Crippen molar-refractivity contribution in [2.24, 2.45) is 0 Å². The first-order chi connectivity index (χ1) is 11.6. The largest absolute Gasteiger partial charge is 0.493 e. The summed E-state index contributed by atoms with van der Waals surface area (Å²) in [5, 5.41) is 2.92. The van der Waals surface area contributed by atoms with Crippen LogP contribution in [-0.4, -0.2) is 36.1 Å². The van der Waals surface area contributed by atoms with E-state index in [-0.39, 0.29) is 12.1 Å². The number of aryl methyl sites for hydroxylation is 1. The Morgan fingerprint density at radius 3 is 2.79 bits per heavy atom. The normalized spacial score (nSPS) is 11.6. The Bertz CT molecular complexity index is 646. The molecule has 128 valence electrons. The van der Waals surface area contributed by atoms with Crippen LogP contribution < -0.4 is 10.1 Å². The van der Waals surface area contributed by atoms with Crippen LogP contribution in [0.25, 0.3) is 0 Å². The lowest BCUT2D eigenvalue weighted by Crippen LogP contribution is -2.39. The van der Waals surface area contributed by atoms with Crippen molar-refractivity contribution in [3.63, 3.8) is 0 Å². The molecule has 0 radical (unpaired) electrons. The molecule has 1 aromatic carbocycles. The number of hydrogen-bond acceptors (Lipinski definition) is 3. The van der Waals surface area contributed by atoms with Crippen LogP contribution in [0.2, 0.25) is 0 Å². The summed E-state index contributed by atoms with van der Waals surface area (Å²) in [6.45, 7) is 5.16. The summed E-state index contributed by atoms with van der Waals surface area (Å²) in [7, 11) is 1.79. The van der Waals surface area contributed by atoms with Crippen molar-refractivity contribution in [3.8, 4) is 5.75 Å². The van der Waals surface area contributed by atoms with Gasteiger partial charge in [-0.05, 0) is 43.5 Å². The van der Waals surface area contributed by atoms with E-state index < -0.39 is 0 Å². The molecular formula is C19H25N3O2. The van der Waals surface area contributed by atoms with Crippen molar-refractivity contribution >= 4 is 6.03 Å². The molecule has 0 aliphatic rings. The van der Waals surface area contributed by atoms with Gasteiger partial charge in [-0.15, -0.1) is 0 Å². The number of para-hydroxylation sites is 1. The number of rotatable bonds is 7. The molecule has 1 aromatic heterocycles. The zero-order valence-electron chi connectivity index (χ0n) is 14.5. The van der Waals surface area contributed by atoms with Crippen molar-refractivity contribution in [3.05, 3.63) is 59.9 Å². The van der Waals surface area contributed by atoms with Gasteiger partial charge in [0.1, 0.15) is 5.75 Å². The van der Waals surface area contributed by atoms with Gasteiger partial charge in [-0.25, -0.2) is 4.79 Å². The summed E-state index contributed by atoms with van der Waals surface area (Å²) in [6, 6.07) is 11.6. The minimum Gasteiger partial charge on any atom is -0.493 e. The van der Waals surface area contributed by atoms with Gasteiger partial charge >= 0.3 is 6.03 Å². The van der Waals surface area contributed by atoms with Crippen LogP contribution in [0.5, 0.6) is 5.75 Å². The second kappa shape index (κ2) is 8.91. The molecule has 2 aromatic rings. The van der Waals surface area contributed by atoms with E-state index in [1.54, 1.807) is 24.3 Å². The fraction of sp³-hybridized carbons (Fsp3) is 0.368. The van der Waals surface area contributed by atoms with Crippen LogP contribution in [-0.2, 0) is 0 Å². The highest BCUT2D eigenvalue weighted by Crippen LogP contribution is 2.17. The van der Waals surface area contributed by atoms with E-state index >= 15 is 0 Å². The Hall–Kier alpha value is -2.56. The average molecular weight is 327 g/mol. The van der Waals surface area contributed by atoms with E-state index in [1.165, 1.54) is 0 Å². The molecule has 0 unspecified atom stereocenters. The first-order valence-corrected chi connectivity index (χ1v) is 8.18. The molecule has 0 bridgehead atoms. The van der Waals surface area contributed by atoms with Gasteiger partial charge in [0.25, 0.3) is 0 Å². The number of urea groups is 1. The molecule has 0 fully saturated rings. The fourth-order valence-electron chi connectivity index (χ4n) is 2.32. The maximum absolute atomic E-state index is 12.2. The Balaban J connectivity index is 1.70. The van der Waals surface area contributed by atoms with Crippen molar-refractivity contribution in [1.29, 1.82) is 0 Å². The van der Waals surface area contributed by atoms with Crippen molar-refractivity contribution in [2.45, 2.75) is 26.3 Å². The Morgan fingerprint density at radius 1 is 1.29 bits per heavy atom. The van der Waals surface area contributed by atoms with Gasteiger partial charge in [0, 0.05) is 26.0 Å². The quantitative estimate of drug-likeness (QED) is 0.791. The topological polar surface area (TPSA) is 54.5 Å². The van der Waals surface area contributed by atoms with Gasteiger partial charge in [-0.1, -0.05) is 24.3 Å². The number of pyridine rings is 1. The summed E-state index contributed by atoms with van der Waals surface area (Å²) < 4.78 is 5.72. The number of carbonyl (C=O) groups excluding carboxylic acids is 1. The van der Waals surface area contributed by atoms with Gasteiger partial charge in [-0.3, -0.25) is 4.98 Å². The zero-order valence-corrected chi connectivity index (χ0v) is 14.5. The van der Waals surface area contributed by atoms with Crippen LogP contribution in [0.3, 0.4) is 0 Å². The lowest BCUT2D eigenvalue weighted by atomic mass is 10.1. The van der Waals surface area contributed by atoms with Gasteiger partial charge in [0.15, 0.2) is 0 Å². The Morgan fingerprint density at radius 2 is 2.08 bits per heavy atom. The predicted octanol–water partition coefficient (Wildman–Crippen LogP) is 3.56. The minimum atomic E-state index is -0.0951.